The van der Waals surface area contributed by atoms with E-state index in [1.54, 1.807) is 14.2 Å². The third-order valence-electron chi connectivity index (χ3n) is 7.32. The van der Waals surface area contributed by atoms with Gasteiger partial charge in [0.2, 0.25) is 19.5 Å². The van der Waals surface area contributed by atoms with E-state index in [1.165, 1.54) is 5.56 Å². The molecule has 4 heterocycles. The molecular formula is C29H29N5O6. The van der Waals surface area contributed by atoms with Crippen LogP contribution >= 0.6 is 0 Å². The van der Waals surface area contributed by atoms with Crippen LogP contribution in [-0.2, 0) is 6.54 Å². The Kier molecular flexibility index (Phi) is 6.20. The summed E-state index contributed by atoms with van der Waals surface area (Å²) in [7, 11) is 3.24. The maximum absolute atomic E-state index is 5.57. The van der Waals surface area contributed by atoms with Gasteiger partial charge in [-0.3, -0.25) is 4.90 Å². The largest absolute Gasteiger partial charge is 0.493 e. The Bertz CT molecular complexity index is 1570. The number of methoxy groups -OCH3 is 2. The summed E-state index contributed by atoms with van der Waals surface area (Å²) in [6.45, 7) is 4.71. The average molecular weight is 544 g/mol. The highest BCUT2D eigenvalue weighted by Crippen LogP contribution is 2.39. The standard InChI is InChI=1S/C29H29N5O6/c1-35-24-13-20-21(14-25(24)36-2)31-29(32-28(20)30-19-4-6-23-27(12-19)40-17-38-23)34-9-7-33(8-10-34)15-18-3-5-22-26(11-18)39-16-37-22/h3-6,11-14H,7-10,15-17H2,1-2H3,(H,30,31,32). The van der Waals surface area contributed by atoms with Crippen molar-refractivity contribution in [3.05, 3.63) is 54.1 Å². The molecule has 0 spiro atoms. The number of ether oxygens (including phenoxy) is 6. The molecule has 0 unspecified atom stereocenters. The molecule has 3 aromatic carbocycles. The highest BCUT2D eigenvalue weighted by molar-refractivity contribution is 5.94. The minimum atomic E-state index is 0.219. The lowest BCUT2D eigenvalue weighted by atomic mass is 10.1. The van der Waals surface area contributed by atoms with Gasteiger partial charge in [-0.15, -0.1) is 0 Å². The zero-order valence-corrected chi connectivity index (χ0v) is 22.3. The van der Waals surface area contributed by atoms with Gasteiger partial charge in [-0.25, -0.2) is 4.98 Å². The third-order valence-corrected chi connectivity index (χ3v) is 7.32. The minimum absolute atomic E-state index is 0.219. The van der Waals surface area contributed by atoms with Crippen molar-refractivity contribution in [3.63, 3.8) is 0 Å². The highest BCUT2D eigenvalue weighted by Gasteiger charge is 2.23. The van der Waals surface area contributed by atoms with Crippen LogP contribution in [-0.4, -0.2) is 68.9 Å². The van der Waals surface area contributed by atoms with Gasteiger partial charge in [-0.2, -0.15) is 4.98 Å². The first-order valence-corrected chi connectivity index (χ1v) is 13.1. The van der Waals surface area contributed by atoms with Crippen molar-refractivity contribution >= 4 is 28.4 Å². The van der Waals surface area contributed by atoms with Gasteiger partial charge in [-0.1, -0.05) is 6.07 Å². The monoisotopic (exact) mass is 543 g/mol. The number of rotatable bonds is 7. The summed E-state index contributed by atoms with van der Waals surface area (Å²) >= 11 is 0. The van der Waals surface area contributed by atoms with E-state index in [0.29, 0.717) is 29.0 Å². The number of piperazine rings is 1. The van der Waals surface area contributed by atoms with Crippen LogP contribution < -0.4 is 38.6 Å². The fraction of sp³-hybridized carbons (Fsp3) is 0.310. The fourth-order valence-electron chi connectivity index (χ4n) is 5.19. The summed E-state index contributed by atoms with van der Waals surface area (Å²) in [4.78, 5) is 14.6. The summed E-state index contributed by atoms with van der Waals surface area (Å²) in [5, 5.41) is 4.28. The van der Waals surface area contributed by atoms with E-state index in [4.69, 9.17) is 38.4 Å². The highest BCUT2D eigenvalue weighted by atomic mass is 16.7. The summed E-state index contributed by atoms with van der Waals surface area (Å²) in [5.41, 5.74) is 2.79. The molecule has 3 aliphatic heterocycles. The first kappa shape index (κ1) is 24.4. The zero-order valence-electron chi connectivity index (χ0n) is 22.3. The van der Waals surface area contributed by atoms with Crippen molar-refractivity contribution in [2.24, 2.45) is 0 Å². The normalized spacial score (nSPS) is 15.9. The first-order chi connectivity index (χ1) is 19.7. The molecule has 0 saturated carbocycles. The van der Waals surface area contributed by atoms with E-state index in [1.807, 2.05) is 36.4 Å². The van der Waals surface area contributed by atoms with Crippen LogP contribution in [0.25, 0.3) is 10.9 Å². The Morgan fingerprint density at radius 2 is 1.43 bits per heavy atom. The second-order valence-corrected chi connectivity index (χ2v) is 9.74. The summed E-state index contributed by atoms with van der Waals surface area (Å²) in [5.74, 6) is 5.59. The molecule has 1 saturated heterocycles. The first-order valence-electron chi connectivity index (χ1n) is 13.1. The number of benzene rings is 3. The molecule has 1 N–H and O–H groups in total. The average Bonchev–Trinajstić information content (AvgIpc) is 3.66. The predicted molar refractivity (Wildman–Crippen MR) is 149 cm³/mol. The Balaban J connectivity index is 1.15. The third kappa shape index (κ3) is 4.58. The summed E-state index contributed by atoms with van der Waals surface area (Å²) < 4.78 is 33.1. The Labute approximate surface area is 231 Å². The van der Waals surface area contributed by atoms with Gasteiger partial charge in [0.05, 0.1) is 19.7 Å². The molecular weight excluding hydrogens is 514 g/mol. The fourth-order valence-corrected chi connectivity index (χ4v) is 5.19. The van der Waals surface area contributed by atoms with E-state index >= 15 is 0 Å². The number of anilines is 3. The topological polar surface area (TPSA) is 99.7 Å². The second kappa shape index (κ2) is 10.2. The molecule has 0 amide bonds. The second-order valence-electron chi connectivity index (χ2n) is 9.74. The smallest absolute Gasteiger partial charge is 0.231 e. The molecule has 4 aromatic rings. The number of hydrogen-bond acceptors (Lipinski definition) is 11. The number of fused-ring (bicyclic) bond motifs is 3. The van der Waals surface area contributed by atoms with E-state index in [2.05, 4.69) is 27.2 Å². The van der Waals surface area contributed by atoms with Crippen molar-refractivity contribution in [1.82, 2.24) is 14.9 Å². The van der Waals surface area contributed by atoms with Crippen LogP contribution in [0.15, 0.2) is 48.5 Å². The molecule has 40 heavy (non-hydrogen) atoms. The van der Waals surface area contributed by atoms with Crippen LogP contribution in [0.5, 0.6) is 34.5 Å². The van der Waals surface area contributed by atoms with E-state index in [9.17, 15) is 0 Å². The number of nitrogens with one attached hydrogen (secondary N) is 1. The number of nitrogens with zero attached hydrogens (tertiary/aromatic N) is 4. The van der Waals surface area contributed by atoms with Crippen LogP contribution in [0.4, 0.5) is 17.5 Å². The molecule has 0 aliphatic carbocycles. The van der Waals surface area contributed by atoms with E-state index in [-0.39, 0.29) is 13.6 Å². The molecule has 11 nitrogen and oxygen atoms in total. The maximum atomic E-state index is 5.57. The quantitative estimate of drug-likeness (QED) is 0.364. The zero-order chi connectivity index (χ0) is 27.1. The van der Waals surface area contributed by atoms with Gasteiger partial charge in [0.25, 0.3) is 0 Å². The molecule has 0 bridgehead atoms. The van der Waals surface area contributed by atoms with Crippen LogP contribution in [0.1, 0.15) is 5.56 Å². The van der Waals surface area contributed by atoms with Crippen molar-refractivity contribution in [3.8, 4) is 34.5 Å². The molecule has 1 aromatic heterocycles. The van der Waals surface area contributed by atoms with Crippen LogP contribution in [0.3, 0.4) is 0 Å². The van der Waals surface area contributed by atoms with Crippen molar-refractivity contribution in [1.29, 1.82) is 0 Å². The molecule has 11 heteroatoms. The molecule has 206 valence electrons. The Morgan fingerprint density at radius 1 is 0.750 bits per heavy atom. The van der Waals surface area contributed by atoms with Gasteiger partial charge in [0.1, 0.15) is 5.82 Å². The van der Waals surface area contributed by atoms with Crippen molar-refractivity contribution in [2.45, 2.75) is 6.54 Å². The minimum Gasteiger partial charge on any atom is -0.493 e. The SMILES string of the molecule is COc1cc2nc(N3CCN(Cc4ccc5c(c4)OCO5)CC3)nc(Nc3ccc4c(c3)OCO4)c2cc1OC. The van der Waals surface area contributed by atoms with Gasteiger partial charge in [-0.05, 0) is 35.9 Å². The van der Waals surface area contributed by atoms with E-state index in [0.717, 1.165) is 66.6 Å². The molecule has 0 radical (unpaired) electrons. The molecule has 0 atom stereocenters. The maximum Gasteiger partial charge on any atom is 0.231 e. The van der Waals surface area contributed by atoms with Crippen molar-refractivity contribution < 1.29 is 28.4 Å². The Hall–Kier alpha value is -4.64. The lowest BCUT2D eigenvalue weighted by Gasteiger charge is -2.35. The van der Waals surface area contributed by atoms with Gasteiger partial charge in [0.15, 0.2) is 34.5 Å². The van der Waals surface area contributed by atoms with Crippen molar-refractivity contribution in [2.75, 3.05) is 64.2 Å². The van der Waals surface area contributed by atoms with Crippen LogP contribution in [0, 0.1) is 0 Å². The molecule has 1 fully saturated rings. The van der Waals surface area contributed by atoms with Gasteiger partial charge < -0.3 is 38.6 Å². The lowest BCUT2D eigenvalue weighted by molar-refractivity contribution is 0.173. The lowest BCUT2D eigenvalue weighted by Crippen LogP contribution is -2.46. The van der Waals surface area contributed by atoms with E-state index < -0.39 is 0 Å². The molecule has 3 aliphatic rings. The van der Waals surface area contributed by atoms with Crippen LogP contribution in [0.2, 0.25) is 0 Å². The van der Waals surface area contributed by atoms with Gasteiger partial charge in [0, 0.05) is 55.9 Å². The number of hydrogen-bond donors (Lipinski definition) is 1. The Morgan fingerprint density at radius 3 is 2.17 bits per heavy atom. The number of aromatic nitrogens is 2. The summed E-state index contributed by atoms with van der Waals surface area (Å²) in [6.07, 6.45) is 0. The van der Waals surface area contributed by atoms with Gasteiger partial charge >= 0.3 is 0 Å². The molecule has 7 rings (SSSR count). The summed E-state index contributed by atoms with van der Waals surface area (Å²) in [6, 6.07) is 15.7. The predicted octanol–water partition coefficient (Wildman–Crippen LogP) is 4.17.